The van der Waals surface area contributed by atoms with Crippen LogP contribution in [0.5, 0.6) is 0 Å². The lowest BCUT2D eigenvalue weighted by atomic mass is 10.0. The molecule has 0 saturated carbocycles. The van der Waals surface area contributed by atoms with Gasteiger partial charge in [0, 0.05) is 38.8 Å². The van der Waals surface area contributed by atoms with Crippen LogP contribution >= 0.6 is 0 Å². The summed E-state index contributed by atoms with van der Waals surface area (Å²) in [7, 11) is 2.17. The van der Waals surface area contributed by atoms with Gasteiger partial charge in [0.2, 0.25) is 0 Å². The average Bonchev–Trinajstić information content (AvgIpc) is 2.67. The maximum absolute atomic E-state index is 10.8. The minimum Gasteiger partial charge on any atom is -0.476 e. The molecule has 1 aliphatic heterocycles. The van der Waals surface area contributed by atoms with Gasteiger partial charge < -0.3 is 15.3 Å². The molecule has 1 aromatic heterocycles. The number of likely N-dealkylation sites (N-methyl/N-ethyl adjacent to an activating group) is 1. The molecule has 26 heavy (non-hydrogen) atoms. The Hall–Kier alpha value is -2.51. The second kappa shape index (κ2) is 8.73. The number of aromatic carboxylic acids is 1. The summed E-state index contributed by atoms with van der Waals surface area (Å²) in [4.78, 5) is 23.7. The fourth-order valence-corrected chi connectivity index (χ4v) is 3.24. The van der Waals surface area contributed by atoms with E-state index in [1.165, 1.54) is 18.0 Å². The van der Waals surface area contributed by atoms with Gasteiger partial charge in [-0.15, -0.1) is 0 Å². The van der Waals surface area contributed by atoms with Crippen molar-refractivity contribution in [1.29, 1.82) is 0 Å². The van der Waals surface area contributed by atoms with Crippen molar-refractivity contribution in [2.45, 2.75) is 12.5 Å². The van der Waals surface area contributed by atoms with Crippen molar-refractivity contribution in [3.8, 4) is 0 Å². The molecule has 1 fully saturated rings. The molecule has 0 spiro atoms. The number of rotatable bonds is 7. The summed E-state index contributed by atoms with van der Waals surface area (Å²) in [5.74, 6) is -0.459. The number of hydrogen-bond donors (Lipinski definition) is 2. The summed E-state index contributed by atoms with van der Waals surface area (Å²) < 4.78 is 0. The van der Waals surface area contributed by atoms with E-state index in [-0.39, 0.29) is 5.69 Å². The van der Waals surface area contributed by atoms with Crippen molar-refractivity contribution in [3.63, 3.8) is 0 Å². The second-order valence-corrected chi connectivity index (χ2v) is 6.60. The van der Waals surface area contributed by atoms with Gasteiger partial charge in [-0.25, -0.2) is 14.8 Å². The van der Waals surface area contributed by atoms with Gasteiger partial charge in [0.25, 0.3) is 0 Å². The molecule has 7 heteroatoms. The Labute approximate surface area is 153 Å². The Balaban J connectivity index is 1.50. The number of nitrogens with zero attached hydrogens (tertiary/aromatic N) is 4. The predicted molar refractivity (Wildman–Crippen MR) is 100 cm³/mol. The number of aromatic nitrogens is 2. The predicted octanol–water partition coefficient (Wildman–Crippen LogP) is 1.97. The van der Waals surface area contributed by atoms with Gasteiger partial charge in [-0.2, -0.15) is 0 Å². The third kappa shape index (κ3) is 4.77. The van der Waals surface area contributed by atoms with Crippen LogP contribution in [-0.2, 0) is 0 Å². The maximum atomic E-state index is 10.8. The lowest BCUT2D eigenvalue weighted by Gasteiger charge is -2.40. The number of carboxylic acids is 1. The van der Waals surface area contributed by atoms with Gasteiger partial charge >= 0.3 is 5.97 Å². The summed E-state index contributed by atoms with van der Waals surface area (Å²) in [5.41, 5.74) is 1.32. The molecular formula is C19H25N5O2. The Morgan fingerprint density at radius 1 is 1.23 bits per heavy atom. The van der Waals surface area contributed by atoms with Crippen LogP contribution in [0.25, 0.3) is 0 Å². The SMILES string of the molecule is CN1CCN(CCCNc2cnc(C(=O)O)cn2)C(c2ccccc2)C1. The zero-order valence-corrected chi connectivity index (χ0v) is 15.0. The quantitative estimate of drug-likeness (QED) is 0.735. The molecule has 0 radical (unpaired) electrons. The van der Waals surface area contributed by atoms with E-state index in [1.807, 2.05) is 0 Å². The standard InChI is InChI=1S/C19H25N5O2/c1-23-10-11-24(17(14-23)15-6-3-2-4-7-15)9-5-8-20-18-13-21-16(12-22-18)19(25)26/h2-4,6-7,12-13,17H,5,8-11,14H2,1H3,(H,20,22)(H,25,26). The van der Waals surface area contributed by atoms with Gasteiger partial charge in [0.15, 0.2) is 5.69 Å². The number of hydrogen-bond acceptors (Lipinski definition) is 6. The van der Waals surface area contributed by atoms with Crippen LogP contribution in [0.1, 0.15) is 28.5 Å². The highest BCUT2D eigenvalue weighted by molar-refractivity contribution is 5.84. The van der Waals surface area contributed by atoms with Gasteiger partial charge in [0.05, 0.1) is 12.4 Å². The van der Waals surface area contributed by atoms with E-state index in [2.05, 4.69) is 62.5 Å². The van der Waals surface area contributed by atoms with E-state index < -0.39 is 5.97 Å². The highest BCUT2D eigenvalue weighted by atomic mass is 16.4. The van der Waals surface area contributed by atoms with Gasteiger partial charge in [-0.05, 0) is 19.0 Å². The van der Waals surface area contributed by atoms with E-state index in [0.717, 1.165) is 39.1 Å². The van der Waals surface area contributed by atoms with Crippen molar-refractivity contribution in [1.82, 2.24) is 19.8 Å². The van der Waals surface area contributed by atoms with E-state index >= 15 is 0 Å². The Morgan fingerprint density at radius 2 is 2.04 bits per heavy atom. The summed E-state index contributed by atoms with van der Waals surface area (Å²) in [5, 5.41) is 12.0. The fourth-order valence-electron chi connectivity index (χ4n) is 3.24. The molecule has 1 saturated heterocycles. The van der Waals surface area contributed by atoms with Crippen molar-refractivity contribution in [3.05, 3.63) is 54.0 Å². The minimum atomic E-state index is -1.06. The second-order valence-electron chi connectivity index (χ2n) is 6.60. The monoisotopic (exact) mass is 355 g/mol. The molecule has 1 aromatic carbocycles. The fraction of sp³-hybridized carbons (Fsp3) is 0.421. The lowest BCUT2D eigenvalue weighted by Crippen LogP contribution is -2.47. The number of piperazine rings is 1. The van der Waals surface area contributed by atoms with E-state index in [4.69, 9.17) is 5.11 Å². The first kappa shape index (κ1) is 18.3. The van der Waals surface area contributed by atoms with Gasteiger partial charge in [-0.3, -0.25) is 4.90 Å². The zero-order chi connectivity index (χ0) is 18.4. The number of nitrogens with one attached hydrogen (secondary N) is 1. The Bertz CT molecular complexity index is 708. The molecule has 7 nitrogen and oxygen atoms in total. The third-order valence-electron chi connectivity index (χ3n) is 4.68. The smallest absolute Gasteiger partial charge is 0.356 e. The first-order valence-electron chi connectivity index (χ1n) is 8.90. The molecule has 2 heterocycles. The number of anilines is 1. The summed E-state index contributed by atoms with van der Waals surface area (Å²) in [6.07, 6.45) is 3.72. The average molecular weight is 355 g/mol. The van der Waals surface area contributed by atoms with E-state index in [0.29, 0.717) is 11.9 Å². The summed E-state index contributed by atoms with van der Waals surface area (Å²) in [6.45, 7) is 4.96. The van der Waals surface area contributed by atoms with Crippen LogP contribution < -0.4 is 5.32 Å². The van der Waals surface area contributed by atoms with Crippen LogP contribution in [0.4, 0.5) is 5.82 Å². The van der Waals surface area contributed by atoms with E-state index in [1.54, 1.807) is 0 Å². The normalized spacial score (nSPS) is 18.6. The van der Waals surface area contributed by atoms with Crippen molar-refractivity contribution in [2.24, 2.45) is 0 Å². The van der Waals surface area contributed by atoms with Gasteiger partial charge in [-0.1, -0.05) is 30.3 Å². The topological polar surface area (TPSA) is 81.6 Å². The van der Waals surface area contributed by atoms with Crippen molar-refractivity contribution >= 4 is 11.8 Å². The zero-order valence-electron chi connectivity index (χ0n) is 15.0. The number of carboxylic acid groups (broad SMARTS) is 1. The molecule has 2 N–H and O–H groups in total. The van der Waals surface area contributed by atoms with Crippen LogP contribution in [0, 0.1) is 0 Å². The molecule has 0 bridgehead atoms. The molecule has 3 rings (SSSR count). The number of benzene rings is 1. The summed E-state index contributed by atoms with van der Waals surface area (Å²) >= 11 is 0. The largest absolute Gasteiger partial charge is 0.476 e. The van der Waals surface area contributed by atoms with E-state index in [9.17, 15) is 4.79 Å². The molecule has 2 aromatic rings. The Kier molecular flexibility index (Phi) is 6.14. The molecule has 138 valence electrons. The summed E-state index contributed by atoms with van der Waals surface area (Å²) in [6, 6.07) is 11.1. The van der Waals surface area contributed by atoms with Crippen LogP contribution in [0.15, 0.2) is 42.7 Å². The first-order valence-corrected chi connectivity index (χ1v) is 8.90. The van der Waals surface area contributed by atoms with Crippen LogP contribution in [0.3, 0.4) is 0 Å². The first-order chi connectivity index (χ1) is 12.6. The maximum Gasteiger partial charge on any atom is 0.356 e. The lowest BCUT2D eigenvalue weighted by molar-refractivity contribution is 0.0690. The van der Waals surface area contributed by atoms with Crippen molar-refractivity contribution < 1.29 is 9.90 Å². The highest BCUT2D eigenvalue weighted by Gasteiger charge is 2.25. The highest BCUT2D eigenvalue weighted by Crippen LogP contribution is 2.24. The molecule has 1 atom stereocenters. The van der Waals surface area contributed by atoms with Gasteiger partial charge in [0.1, 0.15) is 5.82 Å². The third-order valence-corrected chi connectivity index (χ3v) is 4.68. The Morgan fingerprint density at radius 3 is 2.73 bits per heavy atom. The molecule has 0 aliphatic carbocycles. The molecule has 1 aliphatic rings. The minimum absolute atomic E-state index is 0.0429. The number of carbonyl (C=O) groups is 1. The van der Waals surface area contributed by atoms with Crippen LogP contribution in [0.2, 0.25) is 0 Å². The van der Waals surface area contributed by atoms with Crippen molar-refractivity contribution in [2.75, 3.05) is 45.1 Å². The molecule has 0 amide bonds. The molecule has 1 unspecified atom stereocenters. The molecular weight excluding hydrogens is 330 g/mol. The van der Waals surface area contributed by atoms with Crippen LogP contribution in [-0.4, -0.2) is 70.6 Å².